The number of hydrogen-bond acceptors (Lipinski definition) is 5. The fraction of sp³-hybridized carbons (Fsp3) is 0.200. The summed E-state index contributed by atoms with van der Waals surface area (Å²) in [7, 11) is -2.35. The number of fused-ring (bicyclic) bond motifs is 2. The number of rotatable bonds is 6. The summed E-state index contributed by atoms with van der Waals surface area (Å²) in [6, 6.07) is 16.7. The van der Waals surface area contributed by atoms with E-state index in [2.05, 4.69) is 9.71 Å². The number of aromatic nitrogens is 1. The Hall–Kier alpha value is -3.69. The van der Waals surface area contributed by atoms with Crippen LogP contribution in [0.2, 0.25) is 0 Å². The van der Waals surface area contributed by atoms with E-state index in [1.54, 1.807) is 42.5 Å². The second-order valence-corrected chi connectivity index (χ2v) is 10.0. The van der Waals surface area contributed by atoms with Crippen molar-refractivity contribution in [2.75, 3.05) is 13.7 Å². The first-order chi connectivity index (χ1) is 16.3. The van der Waals surface area contributed by atoms with Gasteiger partial charge < -0.3 is 14.6 Å². The Morgan fingerprint density at radius 3 is 2.62 bits per heavy atom. The van der Waals surface area contributed by atoms with Crippen molar-refractivity contribution in [1.82, 2.24) is 14.6 Å². The number of nitrogens with one attached hydrogen (secondary N) is 2. The van der Waals surface area contributed by atoms with E-state index in [0.717, 1.165) is 21.7 Å². The molecule has 1 aromatic heterocycles. The largest absolute Gasteiger partial charge is 0.497 e. The van der Waals surface area contributed by atoms with Crippen LogP contribution < -0.4 is 15.0 Å². The number of methoxy groups -OCH3 is 1. The van der Waals surface area contributed by atoms with Crippen LogP contribution in [0.25, 0.3) is 21.5 Å². The number of pyridine rings is 1. The first-order valence-electron chi connectivity index (χ1n) is 10.8. The van der Waals surface area contributed by atoms with Gasteiger partial charge in [0.25, 0.3) is 5.56 Å². The summed E-state index contributed by atoms with van der Waals surface area (Å²) in [5.74, 6) is 0.348. The molecule has 4 aromatic rings. The Morgan fingerprint density at radius 2 is 1.79 bits per heavy atom. The van der Waals surface area contributed by atoms with Crippen molar-refractivity contribution in [3.63, 3.8) is 0 Å². The number of aromatic amines is 1. The maximum Gasteiger partial charge on any atom is 0.255 e. The van der Waals surface area contributed by atoms with E-state index < -0.39 is 16.1 Å². The van der Waals surface area contributed by atoms with Gasteiger partial charge in [-0.05, 0) is 64.5 Å². The molecule has 0 radical (unpaired) electrons. The maximum absolute atomic E-state index is 13.0. The average molecular weight is 478 g/mol. The third-order valence-corrected chi connectivity index (χ3v) is 7.61. The molecule has 3 aromatic carbocycles. The third-order valence-electron chi connectivity index (χ3n) is 6.14. The first kappa shape index (κ1) is 22.1. The van der Waals surface area contributed by atoms with E-state index in [-0.39, 0.29) is 16.4 Å². The minimum absolute atomic E-state index is 0.0910. The maximum atomic E-state index is 13.0. The molecule has 1 aliphatic heterocycles. The summed E-state index contributed by atoms with van der Waals surface area (Å²) in [5.41, 5.74) is 0.621. The van der Waals surface area contributed by atoms with Gasteiger partial charge in [-0.15, -0.1) is 0 Å². The summed E-state index contributed by atoms with van der Waals surface area (Å²) < 4.78 is 33.8. The monoisotopic (exact) mass is 477 g/mol. The van der Waals surface area contributed by atoms with E-state index in [0.29, 0.717) is 30.6 Å². The Bertz CT molecular complexity index is 1580. The molecule has 1 aliphatic rings. The molecule has 2 N–H and O–H groups in total. The normalized spacial score (nSPS) is 16.4. The van der Waals surface area contributed by atoms with Crippen LogP contribution in [0, 0.1) is 0 Å². The second-order valence-electron chi connectivity index (χ2n) is 8.33. The number of likely N-dealkylation sites (tertiary alicyclic amines) is 1. The highest BCUT2D eigenvalue weighted by atomic mass is 32.2. The molecule has 0 spiro atoms. The predicted octanol–water partition coefficient (Wildman–Crippen LogP) is 2.77. The van der Waals surface area contributed by atoms with Crippen LogP contribution in [0.4, 0.5) is 0 Å². The molecular formula is C25H23N3O5S. The van der Waals surface area contributed by atoms with Gasteiger partial charge in [-0.2, -0.15) is 4.72 Å². The van der Waals surface area contributed by atoms with Crippen LogP contribution in [-0.2, 0) is 21.4 Å². The summed E-state index contributed by atoms with van der Waals surface area (Å²) in [6.45, 7) is 0.723. The fourth-order valence-corrected chi connectivity index (χ4v) is 5.57. The van der Waals surface area contributed by atoms with Gasteiger partial charge in [0.1, 0.15) is 11.8 Å². The van der Waals surface area contributed by atoms with Crippen LogP contribution in [-0.4, -0.2) is 43.9 Å². The lowest BCUT2D eigenvalue weighted by Crippen LogP contribution is -2.41. The molecule has 1 fully saturated rings. The zero-order valence-corrected chi connectivity index (χ0v) is 19.3. The lowest BCUT2D eigenvalue weighted by Gasteiger charge is -2.18. The van der Waals surface area contributed by atoms with Crippen molar-refractivity contribution >= 4 is 37.5 Å². The average Bonchev–Trinajstić information content (AvgIpc) is 3.17. The number of amides is 1. The van der Waals surface area contributed by atoms with Crippen molar-refractivity contribution in [2.24, 2.45) is 0 Å². The molecule has 0 aliphatic carbocycles. The minimum Gasteiger partial charge on any atom is -0.497 e. The molecule has 1 amide bonds. The SMILES string of the molecule is COc1ccc2ccc(S(=O)(=O)N[C@@H]3CCN(Cc4ccc5cc[nH]c(=O)c5c4)C3=O)cc2c1. The van der Waals surface area contributed by atoms with Crippen LogP contribution in [0.3, 0.4) is 0 Å². The number of H-pyrrole nitrogens is 1. The summed E-state index contributed by atoms with van der Waals surface area (Å²) in [6.07, 6.45) is 1.96. The van der Waals surface area contributed by atoms with Crippen molar-refractivity contribution in [3.05, 3.63) is 82.8 Å². The van der Waals surface area contributed by atoms with Gasteiger partial charge >= 0.3 is 0 Å². The van der Waals surface area contributed by atoms with Crippen molar-refractivity contribution < 1.29 is 17.9 Å². The highest BCUT2D eigenvalue weighted by Crippen LogP contribution is 2.25. The summed E-state index contributed by atoms with van der Waals surface area (Å²) >= 11 is 0. The fourth-order valence-electron chi connectivity index (χ4n) is 4.31. The highest BCUT2D eigenvalue weighted by molar-refractivity contribution is 7.89. The van der Waals surface area contributed by atoms with Gasteiger partial charge in [0, 0.05) is 24.7 Å². The van der Waals surface area contributed by atoms with Gasteiger partial charge in [-0.25, -0.2) is 8.42 Å². The number of nitrogens with zero attached hydrogens (tertiary/aromatic N) is 1. The number of benzene rings is 3. The molecule has 1 atom stereocenters. The van der Waals surface area contributed by atoms with Gasteiger partial charge in [-0.1, -0.05) is 24.3 Å². The van der Waals surface area contributed by atoms with Crippen LogP contribution >= 0.6 is 0 Å². The molecule has 0 bridgehead atoms. The lowest BCUT2D eigenvalue weighted by atomic mass is 10.1. The number of hydrogen-bond donors (Lipinski definition) is 2. The van der Waals surface area contributed by atoms with Gasteiger partial charge in [0.05, 0.1) is 12.0 Å². The standard InChI is InChI=1S/C25H23N3O5S/c1-33-20-6-4-17-5-7-21(14-19(17)13-20)34(31,32)27-23-9-11-28(25(23)30)15-16-2-3-18-8-10-26-24(29)22(18)12-16/h2-8,10,12-14,23,27H,9,11,15H2,1H3,(H,26,29)/t23-/m1/s1. The van der Waals surface area contributed by atoms with Crippen molar-refractivity contribution in [3.8, 4) is 5.75 Å². The molecule has 8 nitrogen and oxygen atoms in total. The minimum atomic E-state index is -3.90. The van der Waals surface area contributed by atoms with E-state index in [9.17, 15) is 18.0 Å². The van der Waals surface area contributed by atoms with Gasteiger partial charge in [-0.3, -0.25) is 9.59 Å². The number of carbonyl (C=O) groups excluding carboxylic acids is 1. The molecule has 0 saturated carbocycles. The summed E-state index contributed by atoms with van der Waals surface area (Å²) in [4.78, 5) is 29.4. The smallest absolute Gasteiger partial charge is 0.255 e. The predicted molar refractivity (Wildman–Crippen MR) is 129 cm³/mol. The number of carbonyl (C=O) groups is 1. The van der Waals surface area contributed by atoms with Crippen molar-refractivity contribution in [1.29, 1.82) is 0 Å². The second kappa shape index (κ2) is 8.58. The molecule has 5 rings (SSSR count). The van der Waals surface area contributed by atoms with E-state index in [1.807, 2.05) is 30.3 Å². The van der Waals surface area contributed by atoms with Crippen LogP contribution in [0.15, 0.2) is 76.6 Å². The Labute approximate surface area is 196 Å². The lowest BCUT2D eigenvalue weighted by molar-refractivity contribution is -0.129. The number of sulfonamides is 1. The third kappa shape index (κ3) is 4.15. The number of ether oxygens (including phenoxy) is 1. The zero-order chi connectivity index (χ0) is 23.9. The molecule has 9 heteroatoms. The van der Waals surface area contributed by atoms with Crippen molar-refractivity contribution in [2.45, 2.75) is 23.9 Å². The molecule has 174 valence electrons. The van der Waals surface area contributed by atoms with Crippen LogP contribution in [0.5, 0.6) is 5.75 Å². The summed E-state index contributed by atoms with van der Waals surface area (Å²) in [5, 5.41) is 2.99. The van der Waals surface area contributed by atoms with Gasteiger partial charge in [0.2, 0.25) is 15.9 Å². The topological polar surface area (TPSA) is 109 Å². The molecule has 0 unspecified atom stereocenters. The highest BCUT2D eigenvalue weighted by Gasteiger charge is 2.35. The van der Waals surface area contributed by atoms with E-state index in [4.69, 9.17) is 4.74 Å². The quantitative estimate of drug-likeness (QED) is 0.444. The molecule has 34 heavy (non-hydrogen) atoms. The van der Waals surface area contributed by atoms with Gasteiger partial charge in [0.15, 0.2) is 0 Å². The Morgan fingerprint density at radius 1 is 1.00 bits per heavy atom. The Balaban J connectivity index is 1.33. The molecule has 2 heterocycles. The zero-order valence-electron chi connectivity index (χ0n) is 18.4. The molecular weight excluding hydrogens is 454 g/mol. The Kier molecular flexibility index (Phi) is 5.59. The van der Waals surface area contributed by atoms with E-state index >= 15 is 0 Å². The molecule has 1 saturated heterocycles. The first-order valence-corrected chi connectivity index (χ1v) is 12.3. The van der Waals surface area contributed by atoms with E-state index in [1.165, 1.54) is 6.07 Å². The van der Waals surface area contributed by atoms with Crippen LogP contribution in [0.1, 0.15) is 12.0 Å².